The van der Waals surface area contributed by atoms with Gasteiger partial charge in [0.15, 0.2) is 0 Å². The minimum Gasteiger partial charge on any atom is -0.355 e. The van der Waals surface area contributed by atoms with Crippen molar-refractivity contribution in [3.8, 4) is 0 Å². The highest BCUT2D eigenvalue weighted by Crippen LogP contribution is 2.19. The predicted molar refractivity (Wildman–Crippen MR) is 118 cm³/mol. The molecule has 0 radical (unpaired) electrons. The van der Waals surface area contributed by atoms with Gasteiger partial charge in [-0.1, -0.05) is 29.8 Å². The van der Waals surface area contributed by atoms with Crippen molar-refractivity contribution < 1.29 is 22.4 Å². The molecule has 1 unspecified atom stereocenters. The SMILES string of the molecule is CCNC(=O)C(C)N(Cc1cccc(C)c1)C(=O)CN(c1ccc(F)cc1)S(C)(=O)=O. The monoisotopic (exact) mass is 449 g/mol. The van der Waals surface area contributed by atoms with Gasteiger partial charge < -0.3 is 10.2 Å². The summed E-state index contributed by atoms with van der Waals surface area (Å²) >= 11 is 0. The fourth-order valence-corrected chi connectivity index (χ4v) is 3.98. The molecule has 0 heterocycles. The maximum atomic E-state index is 13.3. The van der Waals surface area contributed by atoms with Crippen LogP contribution in [0.2, 0.25) is 0 Å². The van der Waals surface area contributed by atoms with E-state index in [4.69, 9.17) is 0 Å². The lowest BCUT2D eigenvalue weighted by Gasteiger charge is -2.31. The molecule has 2 rings (SSSR count). The fourth-order valence-electron chi connectivity index (χ4n) is 3.13. The Bertz CT molecular complexity index is 1030. The molecule has 2 amide bonds. The number of aryl methyl sites for hydroxylation is 1. The van der Waals surface area contributed by atoms with E-state index in [1.54, 1.807) is 13.8 Å². The van der Waals surface area contributed by atoms with E-state index in [2.05, 4.69) is 5.32 Å². The van der Waals surface area contributed by atoms with Crippen molar-refractivity contribution in [1.82, 2.24) is 10.2 Å². The van der Waals surface area contributed by atoms with Crippen molar-refractivity contribution in [1.29, 1.82) is 0 Å². The van der Waals surface area contributed by atoms with Crippen LogP contribution in [0.3, 0.4) is 0 Å². The number of anilines is 1. The molecule has 0 fully saturated rings. The van der Waals surface area contributed by atoms with E-state index in [9.17, 15) is 22.4 Å². The van der Waals surface area contributed by atoms with E-state index in [0.29, 0.717) is 6.54 Å². The van der Waals surface area contributed by atoms with Gasteiger partial charge >= 0.3 is 0 Å². The van der Waals surface area contributed by atoms with Gasteiger partial charge in [-0.15, -0.1) is 0 Å². The summed E-state index contributed by atoms with van der Waals surface area (Å²) in [6.45, 7) is 5.32. The van der Waals surface area contributed by atoms with Gasteiger partial charge in [-0.05, 0) is 50.6 Å². The quantitative estimate of drug-likeness (QED) is 0.637. The molecular weight excluding hydrogens is 421 g/mol. The molecule has 2 aromatic carbocycles. The first-order valence-corrected chi connectivity index (χ1v) is 11.7. The number of likely N-dealkylation sites (N-methyl/N-ethyl adjacent to an activating group) is 1. The Morgan fingerprint density at radius 3 is 2.32 bits per heavy atom. The second-order valence-electron chi connectivity index (χ2n) is 7.33. The number of halogens is 1. The van der Waals surface area contributed by atoms with Crippen LogP contribution in [0.5, 0.6) is 0 Å². The van der Waals surface area contributed by atoms with Crippen molar-refractivity contribution in [3.63, 3.8) is 0 Å². The van der Waals surface area contributed by atoms with E-state index in [1.165, 1.54) is 17.0 Å². The minimum atomic E-state index is -3.83. The molecule has 1 atom stereocenters. The number of nitrogens with one attached hydrogen (secondary N) is 1. The minimum absolute atomic E-state index is 0.139. The molecule has 1 N–H and O–H groups in total. The smallest absolute Gasteiger partial charge is 0.244 e. The third kappa shape index (κ3) is 6.78. The molecule has 9 heteroatoms. The Hall–Kier alpha value is -2.94. The Kier molecular flexibility index (Phi) is 8.15. The topological polar surface area (TPSA) is 86.8 Å². The van der Waals surface area contributed by atoms with Crippen molar-refractivity contribution in [2.24, 2.45) is 0 Å². The van der Waals surface area contributed by atoms with Gasteiger partial charge in [0.25, 0.3) is 0 Å². The number of amides is 2. The number of carbonyl (C=O) groups excluding carboxylic acids is 2. The number of rotatable bonds is 9. The third-order valence-electron chi connectivity index (χ3n) is 4.75. The summed E-state index contributed by atoms with van der Waals surface area (Å²) in [5.41, 5.74) is 1.98. The number of carbonyl (C=O) groups is 2. The molecule has 168 valence electrons. The summed E-state index contributed by atoms with van der Waals surface area (Å²) in [5.74, 6) is -1.40. The van der Waals surface area contributed by atoms with E-state index in [0.717, 1.165) is 33.8 Å². The van der Waals surface area contributed by atoms with Crippen molar-refractivity contribution in [2.75, 3.05) is 23.7 Å². The zero-order valence-corrected chi connectivity index (χ0v) is 18.9. The molecular formula is C22H28FN3O4S. The summed E-state index contributed by atoms with van der Waals surface area (Å²) in [5, 5.41) is 2.69. The van der Waals surface area contributed by atoms with Crippen LogP contribution >= 0.6 is 0 Å². The van der Waals surface area contributed by atoms with Gasteiger partial charge in [-0.25, -0.2) is 12.8 Å². The van der Waals surface area contributed by atoms with Crippen molar-refractivity contribution in [2.45, 2.75) is 33.4 Å². The Labute approximate surface area is 182 Å². The lowest BCUT2D eigenvalue weighted by Crippen LogP contribution is -2.51. The van der Waals surface area contributed by atoms with Crippen LogP contribution in [0.1, 0.15) is 25.0 Å². The summed E-state index contributed by atoms with van der Waals surface area (Å²) < 4.78 is 38.9. The summed E-state index contributed by atoms with van der Waals surface area (Å²) in [4.78, 5) is 27.1. The maximum absolute atomic E-state index is 13.3. The molecule has 2 aromatic rings. The van der Waals surface area contributed by atoms with Crippen LogP contribution in [0.4, 0.5) is 10.1 Å². The number of nitrogens with zero attached hydrogens (tertiary/aromatic N) is 2. The highest BCUT2D eigenvalue weighted by Gasteiger charge is 2.29. The normalized spacial score (nSPS) is 12.2. The molecule has 0 saturated carbocycles. The van der Waals surface area contributed by atoms with E-state index in [1.807, 2.05) is 31.2 Å². The molecule has 0 aliphatic rings. The van der Waals surface area contributed by atoms with E-state index in [-0.39, 0.29) is 18.1 Å². The maximum Gasteiger partial charge on any atom is 0.244 e. The number of hydrogen-bond acceptors (Lipinski definition) is 4. The van der Waals surface area contributed by atoms with Gasteiger partial charge in [-0.2, -0.15) is 0 Å². The van der Waals surface area contributed by atoms with E-state index < -0.39 is 34.3 Å². The fraction of sp³-hybridized carbons (Fsp3) is 0.364. The number of sulfonamides is 1. The number of hydrogen-bond donors (Lipinski definition) is 1. The van der Waals surface area contributed by atoms with Crippen LogP contribution in [0.15, 0.2) is 48.5 Å². The highest BCUT2D eigenvalue weighted by molar-refractivity contribution is 7.92. The molecule has 0 aromatic heterocycles. The summed E-state index contributed by atoms with van der Waals surface area (Å²) in [6, 6.07) is 11.5. The first kappa shape index (κ1) is 24.3. The molecule has 0 aliphatic carbocycles. The molecule has 0 bridgehead atoms. The summed E-state index contributed by atoms with van der Waals surface area (Å²) in [6.07, 6.45) is 0.974. The molecule has 31 heavy (non-hydrogen) atoms. The van der Waals surface area contributed by atoms with Gasteiger partial charge in [0.1, 0.15) is 18.4 Å². The Balaban J connectivity index is 2.37. The first-order valence-electron chi connectivity index (χ1n) is 9.89. The Morgan fingerprint density at radius 1 is 1.13 bits per heavy atom. The van der Waals surface area contributed by atoms with Crippen LogP contribution in [-0.4, -0.2) is 50.5 Å². The van der Waals surface area contributed by atoms with Crippen LogP contribution in [0, 0.1) is 12.7 Å². The summed E-state index contributed by atoms with van der Waals surface area (Å²) in [7, 11) is -3.83. The standard InChI is InChI=1S/C22H28FN3O4S/c1-5-24-22(28)17(3)25(14-18-8-6-7-16(2)13-18)21(27)15-26(31(4,29)30)20-11-9-19(23)10-12-20/h6-13,17H,5,14-15H2,1-4H3,(H,24,28). The molecule has 7 nitrogen and oxygen atoms in total. The first-order chi connectivity index (χ1) is 14.5. The van der Waals surface area contributed by atoms with Gasteiger partial charge in [0, 0.05) is 13.1 Å². The lowest BCUT2D eigenvalue weighted by molar-refractivity contribution is -0.139. The van der Waals surface area contributed by atoms with Gasteiger partial charge in [-0.3, -0.25) is 13.9 Å². The molecule has 0 saturated heterocycles. The van der Waals surface area contributed by atoms with Crippen molar-refractivity contribution in [3.05, 3.63) is 65.5 Å². The second kappa shape index (κ2) is 10.4. The van der Waals surface area contributed by atoms with Crippen LogP contribution < -0.4 is 9.62 Å². The number of benzene rings is 2. The van der Waals surface area contributed by atoms with Crippen molar-refractivity contribution >= 4 is 27.5 Å². The lowest BCUT2D eigenvalue weighted by atomic mass is 10.1. The molecule has 0 spiro atoms. The van der Waals surface area contributed by atoms with Gasteiger partial charge in [0.05, 0.1) is 11.9 Å². The van der Waals surface area contributed by atoms with Gasteiger partial charge in [0.2, 0.25) is 21.8 Å². The highest BCUT2D eigenvalue weighted by atomic mass is 32.2. The van der Waals surface area contributed by atoms with E-state index >= 15 is 0 Å². The molecule has 0 aliphatic heterocycles. The van der Waals surface area contributed by atoms with Crippen LogP contribution in [-0.2, 0) is 26.2 Å². The zero-order valence-electron chi connectivity index (χ0n) is 18.1. The van der Waals surface area contributed by atoms with Crippen LogP contribution in [0.25, 0.3) is 0 Å². The largest absolute Gasteiger partial charge is 0.355 e. The zero-order chi connectivity index (χ0) is 23.2. The predicted octanol–water partition coefficient (Wildman–Crippen LogP) is 2.45. The second-order valence-corrected chi connectivity index (χ2v) is 9.23. The average Bonchev–Trinajstić information content (AvgIpc) is 2.70. The Morgan fingerprint density at radius 2 is 1.77 bits per heavy atom. The third-order valence-corrected chi connectivity index (χ3v) is 5.89. The average molecular weight is 450 g/mol.